The number of rotatable bonds is 4. The molecular formula is C13H12O3. The molecule has 3 heteroatoms. The minimum Gasteiger partial charge on any atom is -0.481 e. The van der Waals surface area contributed by atoms with Gasteiger partial charge in [-0.15, -0.1) is 0 Å². The van der Waals surface area contributed by atoms with Crippen molar-refractivity contribution in [2.24, 2.45) is 0 Å². The Morgan fingerprint density at radius 3 is 2.31 bits per heavy atom. The second-order valence-electron chi connectivity index (χ2n) is 4.00. The zero-order valence-corrected chi connectivity index (χ0v) is 8.72. The molecule has 1 aliphatic carbocycles. The maximum absolute atomic E-state index is 11.1. The minimum absolute atomic E-state index is 0.646. The summed E-state index contributed by atoms with van der Waals surface area (Å²) in [5, 5.41) is 9.11. The third kappa shape index (κ3) is 1.76. The number of aldehydes is 1. The van der Waals surface area contributed by atoms with Crippen molar-refractivity contribution < 1.29 is 14.7 Å². The average molecular weight is 216 g/mol. The highest BCUT2D eigenvalue weighted by Gasteiger charge is 2.51. The number of carboxylic acid groups (broad SMARTS) is 1. The fourth-order valence-electron chi connectivity index (χ4n) is 1.81. The van der Waals surface area contributed by atoms with Crippen molar-refractivity contribution in [2.75, 3.05) is 0 Å². The van der Waals surface area contributed by atoms with Gasteiger partial charge >= 0.3 is 5.97 Å². The quantitative estimate of drug-likeness (QED) is 0.618. The molecule has 0 saturated heterocycles. The van der Waals surface area contributed by atoms with Crippen molar-refractivity contribution >= 4 is 18.3 Å². The second kappa shape index (κ2) is 3.93. The van der Waals surface area contributed by atoms with Gasteiger partial charge in [-0.05, 0) is 30.0 Å². The van der Waals surface area contributed by atoms with E-state index in [4.69, 9.17) is 5.11 Å². The van der Waals surface area contributed by atoms with Crippen LogP contribution in [0.1, 0.15) is 24.0 Å². The summed E-state index contributed by atoms with van der Waals surface area (Å²) in [6, 6.07) is 7.31. The standard InChI is InChI=1S/C13H12O3/c14-9-1-2-10-3-5-11(6-4-10)13(7-8-13)12(15)16/h1-6,9H,7-8H2,(H,15,16). The highest BCUT2D eigenvalue weighted by atomic mass is 16.4. The van der Waals surface area contributed by atoms with E-state index in [0.717, 1.165) is 11.1 Å². The van der Waals surface area contributed by atoms with E-state index in [0.29, 0.717) is 19.1 Å². The van der Waals surface area contributed by atoms with Crippen molar-refractivity contribution in [1.29, 1.82) is 0 Å². The maximum Gasteiger partial charge on any atom is 0.314 e. The Kier molecular flexibility index (Phi) is 2.60. The number of allylic oxidation sites excluding steroid dienone is 1. The molecule has 0 bridgehead atoms. The lowest BCUT2D eigenvalue weighted by Crippen LogP contribution is -2.19. The van der Waals surface area contributed by atoms with E-state index in [1.165, 1.54) is 6.08 Å². The van der Waals surface area contributed by atoms with Crippen LogP contribution in [0, 0.1) is 0 Å². The molecule has 16 heavy (non-hydrogen) atoms. The van der Waals surface area contributed by atoms with Gasteiger partial charge in [0, 0.05) is 0 Å². The molecule has 0 unspecified atom stereocenters. The Hall–Kier alpha value is -1.90. The number of carbonyl (C=O) groups excluding carboxylic acids is 1. The molecule has 0 aliphatic heterocycles. The van der Waals surface area contributed by atoms with Crippen LogP contribution in [0.5, 0.6) is 0 Å². The number of aliphatic carboxylic acids is 1. The van der Waals surface area contributed by atoms with Crippen molar-refractivity contribution in [2.45, 2.75) is 18.3 Å². The first-order valence-corrected chi connectivity index (χ1v) is 5.15. The molecule has 0 aromatic heterocycles. The van der Waals surface area contributed by atoms with E-state index in [1.807, 2.05) is 24.3 Å². The molecule has 2 rings (SSSR count). The molecule has 0 atom stereocenters. The molecular weight excluding hydrogens is 204 g/mol. The smallest absolute Gasteiger partial charge is 0.314 e. The number of benzene rings is 1. The van der Waals surface area contributed by atoms with Gasteiger partial charge in [-0.25, -0.2) is 0 Å². The summed E-state index contributed by atoms with van der Waals surface area (Å²) in [7, 11) is 0. The monoisotopic (exact) mass is 216 g/mol. The highest BCUT2D eigenvalue weighted by molar-refractivity contribution is 5.85. The Morgan fingerprint density at radius 1 is 1.25 bits per heavy atom. The lowest BCUT2D eigenvalue weighted by molar-refractivity contribution is -0.140. The van der Waals surface area contributed by atoms with Crippen LogP contribution in [0.4, 0.5) is 0 Å². The van der Waals surface area contributed by atoms with E-state index >= 15 is 0 Å². The van der Waals surface area contributed by atoms with Gasteiger partial charge in [0.2, 0.25) is 0 Å². The van der Waals surface area contributed by atoms with E-state index in [-0.39, 0.29) is 0 Å². The third-order valence-electron chi connectivity index (χ3n) is 2.99. The van der Waals surface area contributed by atoms with Crippen LogP contribution in [-0.2, 0) is 15.0 Å². The molecule has 1 aliphatic rings. The van der Waals surface area contributed by atoms with Crippen LogP contribution < -0.4 is 0 Å². The van der Waals surface area contributed by atoms with Gasteiger partial charge in [-0.3, -0.25) is 9.59 Å². The molecule has 1 saturated carbocycles. The van der Waals surface area contributed by atoms with Crippen LogP contribution in [-0.4, -0.2) is 17.4 Å². The number of carbonyl (C=O) groups is 2. The Labute approximate surface area is 93.4 Å². The lowest BCUT2D eigenvalue weighted by Gasteiger charge is -2.09. The number of carboxylic acids is 1. The molecule has 1 fully saturated rings. The van der Waals surface area contributed by atoms with Gasteiger partial charge in [0.1, 0.15) is 6.29 Å². The molecule has 1 aromatic rings. The van der Waals surface area contributed by atoms with Gasteiger partial charge in [0.05, 0.1) is 5.41 Å². The van der Waals surface area contributed by atoms with E-state index in [1.54, 1.807) is 6.08 Å². The second-order valence-corrected chi connectivity index (χ2v) is 4.00. The van der Waals surface area contributed by atoms with Gasteiger partial charge in [-0.1, -0.05) is 30.3 Å². The third-order valence-corrected chi connectivity index (χ3v) is 2.99. The van der Waals surface area contributed by atoms with Crippen LogP contribution in [0.25, 0.3) is 6.08 Å². The SMILES string of the molecule is O=CC=Cc1ccc(C2(C(=O)O)CC2)cc1. The number of hydrogen-bond donors (Lipinski definition) is 1. The van der Waals surface area contributed by atoms with Gasteiger partial charge in [0.15, 0.2) is 0 Å². The first-order valence-electron chi connectivity index (χ1n) is 5.15. The van der Waals surface area contributed by atoms with Crippen LogP contribution in [0.3, 0.4) is 0 Å². The Morgan fingerprint density at radius 2 is 1.88 bits per heavy atom. The molecule has 3 nitrogen and oxygen atoms in total. The Bertz CT molecular complexity index is 439. The molecule has 0 heterocycles. The molecule has 1 aromatic carbocycles. The fraction of sp³-hybridized carbons (Fsp3) is 0.231. The summed E-state index contributed by atoms with van der Waals surface area (Å²) < 4.78 is 0. The largest absolute Gasteiger partial charge is 0.481 e. The summed E-state index contributed by atoms with van der Waals surface area (Å²) in [5.74, 6) is -0.747. The highest BCUT2D eigenvalue weighted by Crippen LogP contribution is 2.48. The lowest BCUT2D eigenvalue weighted by atomic mass is 9.95. The fourth-order valence-corrected chi connectivity index (χ4v) is 1.81. The predicted molar refractivity (Wildman–Crippen MR) is 60.1 cm³/mol. The van der Waals surface area contributed by atoms with Crippen LogP contribution >= 0.6 is 0 Å². The van der Waals surface area contributed by atoms with Crippen LogP contribution in [0.2, 0.25) is 0 Å². The van der Waals surface area contributed by atoms with Crippen molar-refractivity contribution in [3.63, 3.8) is 0 Å². The van der Waals surface area contributed by atoms with Crippen molar-refractivity contribution in [1.82, 2.24) is 0 Å². The van der Waals surface area contributed by atoms with Crippen molar-refractivity contribution in [3.05, 3.63) is 41.5 Å². The molecule has 1 N–H and O–H groups in total. The summed E-state index contributed by atoms with van der Waals surface area (Å²) in [6.45, 7) is 0. The summed E-state index contributed by atoms with van der Waals surface area (Å²) >= 11 is 0. The van der Waals surface area contributed by atoms with Gasteiger partial charge < -0.3 is 5.11 Å². The number of hydrogen-bond acceptors (Lipinski definition) is 2. The normalized spacial score (nSPS) is 17.2. The molecule has 0 spiro atoms. The van der Waals surface area contributed by atoms with E-state index < -0.39 is 11.4 Å². The van der Waals surface area contributed by atoms with Crippen LogP contribution in [0.15, 0.2) is 30.3 Å². The first kappa shape index (κ1) is 10.6. The predicted octanol–water partition coefficient (Wildman–Crippen LogP) is 2.01. The topological polar surface area (TPSA) is 54.4 Å². The summed E-state index contributed by atoms with van der Waals surface area (Å²) in [5.41, 5.74) is 1.10. The minimum atomic E-state index is -0.747. The van der Waals surface area contributed by atoms with Gasteiger partial charge in [0.25, 0.3) is 0 Å². The average Bonchev–Trinajstić information content (AvgIpc) is 3.08. The van der Waals surface area contributed by atoms with E-state index in [9.17, 15) is 9.59 Å². The zero-order valence-electron chi connectivity index (χ0n) is 8.72. The summed E-state index contributed by atoms with van der Waals surface area (Å²) in [4.78, 5) is 21.2. The van der Waals surface area contributed by atoms with Crippen molar-refractivity contribution in [3.8, 4) is 0 Å². The molecule has 82 valence electrons. The van der Waals surface area contributed by atoms with E-state index in [2.05, 4.69) is 0 Å². The molecule has 0 radical (unpaired) electrons. The zero-order chi connectivity index (χ0) is 11.6. The van der Waals surface area contributed by atoms with Gasteiger partial charge in [-0.2, -0.15) is 0 Å². The Balaban J connectivity index is 2.23. The molecule has 0 amide bonds. The summed E-state index contributed by atoms with van der Waals surface area (Å²) in [6.07, 6.45) is 5.25. The maximum atomic E-state index is 11.1. The first-order chi connectivity index (χ1) is 7.69.